The molecule has 3 rings (SSSR count). The third-order valence-corrected chi connectivity index (χ3v) is 4.43. The van der Waals surface area contributed by atoms with E-state index in [0.717, 1.165) is 29.0 Å². The first-order chi connectivity index (χ1) is 12.8. The van der Waals surface area contributed by atoms with E-state index in [9.17, 15) is 22.8 Å². The molecule has 0 aliphatic rings. The molecular formula is C18H10Cl2F3NO3. The monoisotopic (exact) mass is 415 g/mol. The molecule has 0 N–H and O–H groups in total. The Kier molecular flexibility index (Phi) is 5.17. The highest BCUT2D eigenvalue weighted by Crippen LogP contribution is 2.32. The maximum absolute atomic E-state index is 14.3. The van der Waals surface area contributed by atoms with Crippen LogP contribution in [0.15, 0.2) is 35.3 Å². The van der Waals surface area contributed by atoms with E-state index >= 15 is 0 Å². The van der Waals surface area contributed by atoms with E-state index in [-0.39, 0.29) is 23.2 Å². The molecule has 0 aliphatic carbocycles. The van der Waals surface area contributed by atoms with Gasteiger partial charge in [-0.05, 0) is 25.1 Å². The van der Waals surface area contributed by atoms with Gasteiger partial charge in [0, 0.05) is 12.3 Å². The SMILES string of the molecule is CCOC(=O)c1cn(-c2ccc(F)cc2F)c2cc(Cl)c(F)c(Cl)c2c1=O. The van der Waals surface area contributed by atoms with Crippen LogP contribution in [-0.2, 0) is 4.74 Å². The zero-order chi connectivity index (χ0) is 19.9. The fraction of sp³-hybridized carbons (Fsp3) is 0.111. The summed E-state index contributed by atoms with van der Waals surface area (Å²) in [6.07, 6.45) is 1.02. The van der Waals surface area contributed by atoms with E-state index in [1.807, 2.05) is 0 Å². The number of aromatic nitrogens is 1. The second-order valence-corrected chi connectivity index (χ2v) is 6.22. The lowest BCUT2D eigenvalue weighted by Crippen LogP contribution is -2.21. The van der Waals surface area contributed by atoms with E-state index in [1.54, 1.807) is 0 Å². The fourth-order valence-electron chi connectivity index (χ4n) is 2.61. The number of rotatable bonds is 3. The Bertz CT molecular complexity index is 1150. The maximum atomic E-state index is 14.3. The second kappa shape index (κ2) is 7.25. The summed E-state index contributed by atoms with van der Waals surface area (Å²) in [5.74, 6) is -3.86. The number of nitrogens with zero attached hydrogens (tertiary/aromatic N) is 1. The Morgan fingerprint density at radius 3 is 2.52 bits per heavy atom. The number of esters is 1. The van der Waals surface area contributed by atoms with Crippen LogP contribution >= 0.6 is 23.2 Å². The number of carbonyl (C=O) groups excluding carboxylic acids is 1. The first-order valence-corrected chi connectivity index (χ1v) is 8.37. The normalized spacial score (nSPS) is 11.0. The maximum Gasteiger partial charge on any atom is 0.343 e. The molecule has 0 bridgehead atoms. The number of pyridine rings is 1. The van der Waals surface area contributed by atoms with Crippen molar-refractivity contribution in [3.8, 4) is 5.69 Å². The Morgan fingerprint density at radius 1 is 1.19 bits per heavy atom. The minimum absolute atomic E-state index is 0.0239. The average Bonchev–Trinajstić information content (AvgIpc) is 2.60. The molecule has 0 fully saturated rings. The molecule has 0 aliphatic heterocycles. The Balaban J connectivity index is 2.50. The summed E-state index contributed by atoms with van der Waals surface area (Å²) in [6.45, 7) is 1.51. The van der Waals surface area contributed by atoms with Gasteiger partial charge in [-0.3, -0.25) is 4.79 Å². The number of ether oxygens (including phenoxy) is 1. The van der Waals surface area contributed by atoms with E-state index in [0.29, 0.717) is 6.07 Å². The molecule has 1 aromatic heterocycles. The number of hydrogen-bond donors (Lipinski definition) is 0. The summed E-state index contributed by atoms with van der Waals surface area (Å²) in [7, 11) is 0. The number of carbonyl (C=O) groups is 1. The molecule has 0 spiro atoms. The minimum Gasteiger partial charge on any atom is -0.462 e. The zero-order valence-corrected chi connectivity index (χ0v) is 15.2. The lowest BCUT2D eigenvalue weighted by molar-refractivity contribution is 0.0524. The predicted molar refractivity (Wildman–Crippen MR) is 95.4 cm³/mol. The molecule has 27 heavy (non-hydrogen) atoms. The molecule has 3 aromatic rings. The molecule has 0 amide bonds. The highest BCUT2D eigenvalue weighted by atomic mass is 35.5. The number of benzene rings is 2. The van der Waals surface area contributed by atoms with Crippen molar-refractivity contribution in [3.63, 3.8) is 0 Å². The molecule has 4 nitrogen and oxygen atoms in total. The number of fused-ring (bicyclic) bond motifs is 1. The minimum atomic E-state index is -1.06. The topological polar surface area (TPSA) is 48.3 Å². The van der Waals surface area contributed by atoms with Crippen molar-refractivity contribution in [2.45, 2.75) is 6.92 Å². The van der Waals surface area contributed by atoms with Crippen molar-refractivity contribution in [2.24, 2.45) is 0 Å². The molecule has 140 valence electrons. The summed E-state index contributed by atoms with van der Waals surface area (Å²) in [6, 6.07) is 3.76. The smallest absolute Gasteiger partial charge is 0.343 e. The molecule has 0 unspecified atom stereocenters. The van der Waals surface area contributed by atoms with Crippen molar-refractivity contribution in [2.75, 3.05) is 6.61 Å². The predicted octanol–water partition coefficient (Wildman–Crippen LogP) is 4.89. The van der Waals surface area contributed by atoms with Crippen LogP contribution in [0, 0.1) is 17.5 Å². The molecule has 2 aromatic carbocycles. The summed E-state index contributed by atoms with van der Waals surface area (Å²) in [5.41, 5.74) is -1.65. The first kappa shape index (κ1) is 19.3. The molecule has 0 saturated heterocycles. The lowest BCUT2D eigenvalue weighted by atomic mass is 10.1. The van der Waals surface area contributed by atoms with Gasteiger partial charge in [0.05, 0.1) is 33.2 Å². The van der Waals surface area contributed by atoms with E-state index in [2.05, 4.69) is 0 Å². The standard InChI is InChI=1S/C18H10Cl2F3NO3/c1-2-27-18(26)9-7-24(12-4-3-8(21)5-11(12)22)13-6-10(19)16(23)15(20)14(13)17(9)25/h3-7H,2H2,1H3. The van der Waals surface area contributed by atoms with Gasteiger partial charge in [-0.2, -0.15) is 0 Å². The average molecular weight is 416 g/mol. The van der Waals surface area contributed by atoms with Crippen LogP contribution in [-0.4, -0.2) is 17.1 Å². The Hall–Kier alpha value is -2.51. The Morgan fingerprint density at radius 2 is 1.89 bits per heavy atom. The van der Waals surface area contributed by atoms with Crippen LogP contribution in [0.2, 0.25) is 10.0 Å². The van der Waals surface area contributed by atoms with Crippen molar-refractivity contribution in [1.82, 2.24) is 4.57 Å². The van der Waals surface area contributed by atoms with Crippen molar-refractivity contribution >= 4 is 40.1 Å². The van der Waals surface area contributed by atoms with Gasteiger partial charge in [0.1, 0.15) is 17.2 Å². The van der Waals surface area contributed by atoms with Crippen molar-refractivity contribution < 1.29 is 22.7 Å². The lowest BCUT2D eigenvalue weighted by Gasteiger charge is -2.15. The van der Waals surface area contributed by atoms with E-state index in [4.69, 9.17) is 27.9 Å². The molecule has 1 heterocycles. The van der Waals surface area contributed by atoms with Crippen LogP contribution in [0.4, 0.5) is 13.2 Å². The largest absolute Gasteiger partial charge is 0.462 e. The van der Waals surface area contributed by atoms with Gasteiger partial charge in [-0.1, -0.05) is 23.2 Å². The van der Waals surface area contributed by atoms with Crippen molar-refractivity contribution in [3.05, 3.63) is 73.7 Å². The third kappa shape index (κ3) is 3.28. The number of halogens is 5. The van der Waals surface area contributed by atoms with Gasteiger partial charge in [0.25, 0.3) is 0 Å². The van der Waals surface area contributed by atoms with Gasteiger partial charge >= 0.3 is 5.97 Å². The van der Waals surface area contributed by atoms with Crippen LogP contribution in [0.25, 0.3) is 16.6 Å². The van der Waals surface area contributed by atoms with E-state index < -0.39 is 44.5 Å². The summed E-state index contributed by atoms with van der Waals surface area (Å²) in [5, 5.41) is -1.41. The quantitative estimate of drug-likeness (QED) is 0.451. The van der Waals surface area contributed by atoms with Gasteiger partial charge in [0.2, 0.25) is 5.43 Å². The molecule has 0 radical (unpaired) electrons. The highest BCUT2D eigenvalue weighted by molar-refractivity contribution is 6.38. The molecule has 9 heteroatoms. The summed E-state index contributed by atoms with van der Waals surface area (Å²) >= 11 is 11.7. The molecule has 0 atom stereocenters. The van der Waals surface area contributed by atoms with Crippen LogP contribution < -0.4 is 5.43 Å². The van der Waals surface area contributed by atoms with Crippen molar-refractivity contribution in [1.29, 1.82) is 0 Å². The first-order valence-electron chi connectivity index (χ1n) is 7.61. The third-order valence-electron chi connectivity index (χ3n) is 3.80. The van der Waals surface area contributed by atoms with Crippen LogP contribution in [0.5, 0.6) is 0 Å². The van der Waals surface area contributed by atoms with Gasteiger partial charge in [0.15, 0.2) is 5.82 Å². The second-order valence-electron chi connectivity index (χ2n) is 5.44. The summed E-state index contributed by atoms with van der Waals surface area (Å²) in [4.78, 5) is 24.8. The Labute approximate surface area is 160 Å². The zero-order valence-electron chi connectivity index (χ0n) is 13.7. The molecule has 0 saturated carbocycles. The van der Waals surface area contributed by atoms with Crippen LogP contribution in [0.1, 0.15) is 17.3 Å². The summed E-state index contributed by atoms with van der Waals surface area (Å²) < 4.78 is 47.6. The van der Waals surface area contributed by atoms with Gasteiger partial charge in [-0.25, -0.2) is 18.0 Å². The fourth-order valence-corrected chi connectivity index (χ4v) is 3.14. The van der Waals surface area contributed by atoms with E-state index in [1.165, 1.54) is 6.92 Å². The van der Waals surface area contributed by atoms with Gasteiger partial charge < -0.3 is 9.30 Å². The molecular weight excluding hydrogens is 406 g/mol. The highest BCUT2D eigenvalue weighted by Gasteiger charge is 2.23. The van der Waals surface area contributed by atoms with Crippen LogP contribution in [0.3, 0.4) is 0 Å². The number of hydrogen-bond acceptors (Lipinski definition) is 3. The van der Waals surface area contributed by atoms with Gasteiger partial charge in [-0.15, -0.1) is 0 Å².